The summed E-state index contributed by atoms with van der Waals surface area (Å²) in [5.41, 5.74) is -2.05. The molecule has 0 amide bonds. The first-order valence-electron chi connectivity index (χ1n) is 5.84. The second-order valence-electron chi connectivity index (χ2n) is 4.46. The molecule has 3 nitrogen and oxygen atoms in total. The Bertz CT molecular complexity index is 490. The molecule has 102 valence electrons. The first-order valence-corrected chi connectivity index (χ1v) is 5.84. The quantitative estimate of drug-likeness (QED) is 0.676. The van der Waals surface area contributed by atoms with Gasteiger partial charge in [0.15, 0.2) is 11.3 Å². The highest BCUT2D eigenvalue weighted by atomic mass is 19.4. The van der Waals surface area contributed by atoms with E-state index in [1.54, 1.807) is 18.2 Å². The first-order chi connectivity index (χ1) is 8.88. The van der Waals surface area contributed by atoms with Gasteiger partial charge < -0.3 is 0 Å². The molecule has 1 unspecified atom stereocenters. The molecule has 0 aromatic heterocycles. The number of hydrogen-bond donors (Lipinski definition) is 1. The third-order valence-corrected chi connectivity index (χ3v) is 3.22. The van der Waals surface area contributed by atoms with Crippen LogP contribution in [0.2, 0.25) is 0 Å². The number of carbonyl (C=O) groups is 2. The largest absolute Gasteiger partial charge is 0.452 e. The summed E-state index contributed by atoms with van der Waals surface area (Å²) < 4.78 is 38.0. The number of nitrogens with one attached hydrogen (secondary N) is 1. The number of carbonyl (C=O) groups excluding carboxylic acids is 2. The van der Waals surface area contributed by atoms with Gasteiger partial charge in [-0.2, -0.15) is 13.2 Å². The van der Waals surface area contributed by atoms with Gasteiger partial charge in [0, 0.05) is 5.56 Å². The molecule has 19 heavy (non-hydrogen) atoms. The van der Waals surface area contributed by atoms with E-state index in [1.807, 2.05) is 0 Å². The summed E-state index contributed by atoms with van der Waals surface area (Å²) >= 11 is 0. The van der Waals surface area contributed by atoms with Crippen molar-refractivity contribution in [1.82, 2.24) is 5.32 Å². The van der Waals surface area contributed by atoms with Crippen LogP contribution >= 0.6 is 0 Å². The van der Waals surface area contributed by atoms with Gasteiger partial charge in [0.2, 0.25) is 0 Å². The van der Waals surface area contributed by atoms with Crippen LogP contribution < -0.4 is 5.32 Å². The minimum Gasteiger partial charge on any atom is -0.298 e. The van der Waals surface area contributed by atoms with E-state index in [2.05, 4.69) is 5.32 Å². The highest BCUT2D eigenvalue weighted by molar-refractivity contribution is 6.20. The van der Waals surface area contributed by atoms with Crippen LogP contribution in [0.1, 0.15) is 23.2 Å². The molecule has 1 aromatic carbocycles. The average Bonchev–Trinajstić information content (AvgIpc) is 2.87. The summed E-state index contributed by atoms with van der Waals surface area (Å²) in [6, 6.07) is 7.57. The predicted molar refractivity (Wildman–Crippen MR) is 61.8 cm³/mol. The number of alkyl halides is 3. The smallest absolute Gasteiger partial charge is 0.298 e. The van der Waals surface area contributed by atoms with Gasteiger partial charge in [-0.25, -0.2) is 0 Å². The lowest BCUT2D eigenvalue weighted by atomic mass is 9.83. The number of halogens is 3. The maximum atomic E-state index is 12.7. The molecular formula is C13H12F3NO2. The van der Waals surface area contributed by atoms with Gasteiger partial charge >= 0.3 is 6.18 Å². The van der Waals surface area contributed by atoms with Crippen LogP contribution in [0.3, 0.4) is 0 Å². The minimum absolute atomic E-state index is 0.106. The maximum absolute atomic E-state index is 12.7. The number of Topliss-reactive ketones (excluding diaryl/α,β-unsaturated/α-hetero) is 2. The van der Waals surface area contributed by atoms with E-state index in [4.69, 9.17) is 0 Å². The number of hydrogen-bond acceptors (Lipinski definition) is 3. The highest BCUT2D eigenvalue weighted by Crippen LogP contribution is 2.32. The summed E-state index contributed by atoms with van der Waals surface area (Å²) in [5, 5.41) is 2.46. The summed E-state index contributed by atoms with van der Waals surface area (Å²) in [6.45, 7) is 0.223. The maximum Gasteiger partial charge on any atom is 0.452 e. The molecule has 1 aliphatic heterocycles. The Morgan fingerprint density at radius 2 is 1.79 bits per heavy atom. The topological polar surface area (TPSA) is 46.2 Å². The molecule has 1 aliphatic rings. The number of ketones is 2. The summed E-state index contributed by atoms with van der Waals surface area (Å²) in [4.78, 5) is 23.9. The molecule has 1 heterocycles. The van der Waals surface area contributed by atoms with Crippen LogP contribution in [-0.4, -0.2) is 29.8 Å². The lowest BCUT2D eigenvalue weighted by Gasteiger charge is -2.27. The van der Waals surface area contributed by atoms with Crippen molar-refractivity contribution in [3.63, 3.8) is 0 Å². The van der Waals surface area contributed by atoms with Crippen LogP contribution in [0.4, 0.5) is 13.2 Å². The number of rotatable bonds is 3. The molecule has 1 saturated heterocycles. The molecule has 0 aliphatic carbocycles. The zero-order valence-corrected chi connectivity index (χ0v) is 9.96. The van der Waals surface area contributed by atoms with E-state index in [0.717, 1.165) is 0 Å². The molecule has 1 N–H and O–H groups in total. The SMILES string of the molecule is O=C(c1ccccc1)C1(C(=O)C(F)(F)F)CCCN1. The molecule has 0 spiro atoms. The van der Waals surface area contributed by atoms with Crippen molar-refractivity contribution < 1.29 is 22.8 Å². The van der Waals surface area contributed by atoms with Gasteiger partial charge in [-0.15, -0.1) is 0 Å². The summed E-state index contributed by atoms with van der Waals surface area (Å²) in [6.07, 6.45) is -4.79. The fraction of sp³-hybridized carbons (Fsp3) is 0.385. The summed E-state index contributed by atoms with van der Waals surface area (Å²) in [5.74, 6) is -2.82. The summed E-state index contributed by atoms with van der Waals surface area (Å²) in [7, 11) is 0. The van der Waals surface area contributed by atoms with E-state index < -0.39 is 23.3 Å². The fourth-order valence-corrected chi connectivity index (χ4v) is 2.31. The van der Waals surface area contributed by atoms with Crippen LogP contribution in [0.25, 0.3) is 0 Å². The highest BCUT2D eigenvalue weighted by Gasteiger charge is 2.58. The van der Waals surface area contributed by atoms with E-state index in [0.29, 0.717) is 6.42 Å². The monoisotopic (exact) mass is 271 g/mol. The Morgan fingerprint density at radius 3 is 2.26 bits per heavy atom. The van der Waals surface area contributed by atoms with Crippen LogP contribution in [0, 0.1) is 0 Å². The van der Waals surface area contributed by atoms with Crippen molar-refractivity contribution >= 4 is 11.6 Å². The van der Waals surface area contributed by atoms with Gasteiger partial charge in [-0.05, 0) is 19.4 Å². The Hall–Kier alpha value is -1.69. The fourth-order valence-electron chi connectivity index (χ4n) is 2.31. The van der Waals surface area contributed by atoms with Crippen molar-refractivity contribution in [3.05, 3.63) is 35.9 Å². The lowest BCUT2D eigenvalue weighted by molar-refractivity contribution is -0.175. The predicted octanol–water partition coefficient (Wildman–Crippen LogP) is 2.12. The van der Waals surface area contributed by atoms with Crippen LogP contribution in [0.5, 0.6) is 0 Å². The Balaban J connectivity index is 2.41. The van der Waals surface area contributed by atoms with Crippen LogP contribution in [0.15, 0.2) is 30.3 Å². The minimum atomic E-state index is -5.03. The second kappa shape index (κ2) is 4.77. The molecule has 1 fully saturated rings. The first kappa shape index (κ1) is 13.7. The van der Waals surface area contributed by atoms with Crippen molar-refractivity contribution in [2.75, 3.05) is 6.54 Å². The van der Waals surface area contributed by atoms with Gasteiger partial charge in [-0.3, -0.25) is 14.9 Å². The zero-order valence-electron chi connectivity index (χ0n) is 9.96. The lowest BCUT2D eigenvalue weighted by Crippen LogP contribution is -2.59. The molecule has 1 atom stereocenters. The van der Waals surface area contributed by atoms with Gasteiger partial charge in [0.1, 0.15) is 0 Å². The normalized spacial score (nSPS) is 23.3. The molecule has 0 saturated carbocycles. The van der Waals surface area contributed by atoms with Crippen LogP contribution in [-0.2, 0) is 4.79 Å². The van der Waals surface area contributed by atoms with Crippen molar-refractivity contribution in [2.45, 2.75) is 24.6 Å². The third kappa shape index (κ3) is 2.40. The van der Waals surface area contributed by atoms with E-state index in [1.165, 1.54) is 12.1 Å². The van der Waals surface area contributed by atoms with Crippen molar-refractivity contribution in [3.8, 4) is 0 Å². The van der Waals surface area contributed by atoms with Gasteiger partial charge in [0.25, 0.3) is 5.78 Å². The van der Waals surface area contributed by atoms with E-state index in [9.17, 15) is 22.8 Å². The third-order valence-electron chi connectivity index (χ3n) is 3.22. The molecule has 0 bridgehead atoms. The van der Waals surface area contributed by atoms with Crippen molar-refractivity contribution in [2.24, 2.45) is 0 Å². The standard InChI is InChI=1S/C13H12F3NO2/c14-13(15,16)11(19)12(7-4-8-17-12)10(18)9-5-2-1-3-6-9/h1-3,5-6,17H,4,7-8H2. The number of benzene rings is 1. The zero-order chi connectivity index (χ0) is 14.1. The molecule has 1 aromatic rings. The Labute approximate surface area is 107 Å². The van der Waals surface area contributed by atoms with E-state index >= 15 is 0 Å². The Kier molecular flexibility index (Phi) is 3.45. The van der Waals surface area contributed by atoms with Crippen molar-refractivity contribution in [1.29, 1.82) is 0 Å². The van der Waals surface area contributed by atoms with E-state index in [-0.39, 0.29) is 18.5 Å². The molecule has 6 heteroatoms. The molecular weight excluding hydrogens is 259 g/mol. The second-order valence-corrected chi connectivity index (χ2v) is 4.46. The Morgan fingerprint density at radius 1 is 1.16 bits per heavy atom. The van der Waals surface area contributed by atoms with Gasteiger partial charge in [0.05, 0.1) is 0 Å². The molecule has 0 radical (unpaired) electrons. The molecule has 2 rings (SSSR count). The average molecular weight is 271 g/mol. The van der Waals surface area contributed by atoms with Gasteiger partial charge in [-0.1, -0.05) is 30.3 Å².